The molecule has 2 aliphatic rings. The third-order valence-electron chi connectivity index (χ3n) is 4.53. The number of hydrogen-bond donors (Lipinski definition) is 2. The van der Waals surface area contributed by atoms with Gasteiger partial charge in [-0.05, 0) is 49.8 Å². The van der Waals surface area contributed by atoms with Gasteiger partial charge in [0, 0.05) is 23.5 Å². The lowest BCUT2D eigenvalue weighted by atomic mass is 9.89. The lowest BCUT2D eigenvalue weighted by Gasteiger charge is -2.28. The number of nitrogens with one attached hydrogen (secondary N) is 2. The highest BCUT2D eigenvalue weighted by Gasteiger charge is 2.33. The standard InChI is InChI=1S/C17H23ClN2O2.ClH/c18-13-2-1-3-16(11-13)22-7-6-19-17(21)10-12-8-14-4-5-15(9-12)20-14;/h1-3,11-12,14-15,20H,4-10H2,(H,19,21);1H. The molecule has 2 unspecified atom stereocenters. The van der Waals surface area contributed by atoms with Crippen molar-refractivity contribution in [2.24, 2.45) is 5.92 Å². The highest BCUT2D eigenvalue weighted by molar-refractivity contribution is 6.30. The molecule has 0 spiro atoms. The van der Waals surface area contributed by atoms with Gasteiger partial charge in [-0.1, -0.05) is 17.7 Å². The first kappa shape index (κ1) is 18.4. The number of rotatable bonds is 6. The van der Waals surface area contributed by atoms with Crippen molar-refractivity contribution in [2.45, 2.75) is 44.2 Å². The molecule has 6 heteroatoms. The van der Waals surface area contributed by atoms with Gasteiger partial charge < -0.3 is 15.4 Å². The van der Waals surface area contributed by atoms with Crippen LogP contribution in [-0.4, -0.2) is 31.1 Å². The van der Waals surface area contributed by atoms with Crippen molar-refractivity contribution in [2.75, 3.05) is 13.2 Å². The number of carbonyl (C=O) groups excluding carboxylic acids is 1. The van der Waals surface area contributed by atoms with Crippen LogP contribution in [0.1, 0.15) is 32.1 Å². The SMILES string of the molecule is Cl.O=C(CC1CC2CCC(C1)N2)NCCOc1cccc(Cl)c1. The van der Waals surface area contributed by atoms with E-state index in [2.05, 4.69) is 10.6 Å². The maximum atomic E-state index is 12.0. The van der Waals surface area contributed by atoms with Crippen LogP contribution in [0, 0.1) is 5.92 Å². The lowest BCUT2D eigenvalue weighted by Crippen LogP contribution is -2.40. The zero-order chi connectivity index (χ0) is 15.4. The Morgan fingerprint density at radius 3 is 2.74 bits per heavy atom. The van der Waals surface area contributed by atoms with Gasteiger partial charge in [0.15, 0.2) is 0 Å². The van der Waals surface area contributed by atoms with E-state index in [0.29, 0.717) is 42.6 Å². The molecular formula is C17H24Cl2N2O2. The molecule has 0 aliphatic carbocycles. The second-order valence-corrected chi connectivity index (χ2v) is 6.77. The Labute approximate surface area is 148 Å². The fourth-order valence-electron chi connectivity index (χ4n) is 3.59. The quantitative estimate of drug-likeness (QED) is 0.767. The Morgan fingerprint density at radius 1 is 1.30 bits per heavy atom. The molecule has 23 heavy (non-hydrogen) atoms. The van der Waals surface area contributed by atoms with E-state index in [4.69, 9.17) is 16.3 Å². The number of carbonyl (C=O) groups is 1. The summed E-state index contributed by atoms with van der Waals surface area (Å²) in [5.74, 6) is 1.41. The van der Waals surface area contributed by atoms with Gasteiger partial charge in [-0.3, -0.25) is 4.79 Å². The Bertz CT molecular complexity index is 515. The minimum absolute atomic E-state index is 0. The molecule has 1 aromatic carbocycles. The van der Waals surface area contributed by atoms with Gasteiger partial charge in [0.25, 0.3) is 0 Å². The summed E-state index contributed by atoms with van der Waals surface area (Å²) < 4.78 is 5.56. The summed E-state index contributed by atoms with van der Waals surface area (Å²) in [5, 5.41) is 7.21. The Hall–Kier alpha value is -0.970. The van der Waals surface area contributed by atoms with Crippen molar-refractivity contribution in [1.29, 1.82) is 0 Å². The summed E-state index contributed by atoms with van der Waals surface area (Å²) in [7, 11) is 0. The zero-order valence-electron chi connectivity index (χ0n) is 13.1. The normalized spacial score (nSPS) is 25.5. The summed E-state index contributed by atoms with van der Waals surface area (Å²) in [6.07, 6.45) is 5.48. The molecule has 4 nitrogen and oxygen atoms in total. The predicted molar refractivity (Wildman–Crippen MR) is 94.5 cm³/mol. The Morgan fingerprint density at radius 2 is 2.04 bits per heavy atom. The van der Waals surface area contributed by atoms with Crippen molar-refractivity contribution >= 4 is 29.9 Å². The van der Waals surface area contributed by atoms with Crippen LogP contribution in [0.4, 0.5) is 0 Å². The molecule has 1 amide bonds. The van der Waals surface area contributed by atoms with E-state index < -0.39 is 0 Å². The van der Waals surface area contributed by atoms with Crippen molar-refractivity contribution in [3.05, 3.63) is 29.3 Å². The zero-order valence-corrected chi connectivity index (χ0v) is 14.7. The molecule has 2 bridgehead atoms. The van der Waals surface area contributed by atoms with Crippen LogP contribution >= 0.6 is 24.0 Å². The number of piperidine rings is 1. The Kier molecular flexibility index (Phi) is 7.00. The Balaban J connectivity index is 0.00000192. The number of benzene rings is 1. The molecule has 128 valence electrons. The lowest BCUT2D eigenvalue weighted by molar-refractivity contribution is -0.122. The fourth-order valence-corrected chi connectivity index (χ4v) is 3.77. The van der Waals surface area contributed by atoms with Gasteiger partial charge in [0.1, 0.15) is 12.4 Å². The first-order chi connectivity index (χ1) is 10.7. The topological polar surface area (TPSA) is 50.4 Å². The summed E-state index contributed by atoms with van der Waals surface area (Å²) in [6.45, 7) is 0.993. The van der Waals surface area contributed by atoms with Gasteiger partial charge >= 0.3 is 0 Å². The van der Waals surface area contributed by atoms with E-state index in [9.17, 15) is 4.79 Å². The first-order valence-electron chi connectivity index (χ1n) is 8.10. The molecule has 1 aromatic rings. The van der Waals surface area contributed by atoms with Crippen LogP contribution in [0.3, 0.4) is 0 Å². The average Bonchev–Trinajstić information content (AvgIpc) is 2.83. The summed E-state index contributed by atoms with van der Waals surface area (Å²) in [4.78, 5) is 12.0. The second kappa shape index (κ2) is 8.76. The summed E-state index contributed by atoms with van der Waals surface area (Å²) in [6, 6.07) is 8.57. The fraction of sp³-hybridized carbons (Fsp3) is 0.588. The van der Waals surface area contributed by atoms with Crippen molar-refractivity contribution in [1.82, 2.24) is 10.6 Å². The minimum atomic E-state index is 0. The molecule has 2 heterocycles. The third kappa shape index (κ3) is 5.55. The van der Waals surface area contributed by atoms with Crippen LogP contribution in [0.5, 0.6) is 5.75 Å². The molecule has 3 rings (SSSR count). The van der Waals surface area contributed by atoms with Crippen molar-refractivity contribution in [3.63, 3.8) is 0 Å². The summed E-state index contributed by atoms with van der Waals surface area (Å²) in [5.41, 5.74) is 0. The van der Waals surface area contributed by atoms with Crippen molar-refractivity contribution < 1.29 is 9.53 Å². The monoisotopic (exact) mass is 358 g/mol. The van der Waals surface area contributed by atoms with E-state index in [-0.39, 0.29) is 18.3 Å². The van der Waals surface area contributed by atoms with E-state index in [1.165, 1.54) is 12.8 Å². The molecular weight excluding hydrogens is 335 g/mol. The number of ether oxygens (including phenoxy) is 1. The van der Waals surface area contributed by atoms with Crippen LogP contribution in [0.25, 0.3) is 0 Å². The number of amides is 1. The average molecular weight is 359 g/mol. The van der Waals surface area contributed by atoms with Crippen LogP contribution in [0.2, 0.25) is 5.02 Å². The maximum Gasteiger partial charge on any atom is 0.220 e. The van der Waals surface area contributed by atoms with E-state index in [1.807, 2.05) is 18.2 Å². The van der Waals surface area contributed by atoms with Gasteiger partial charge in [-0.25, -0.2) is 0 Å². The molecule has 2 saturated heterocycles. The predicted octanol–water partition coefficient (Wildman–Crippen LogP) is 3.18. The maximum absolute atomic E-state index is 12.0. The molecule has 0 saturated carbocycles. The minimum Gasteiger partial charge on any atom is -0.492 e. The van der Waals surface area contributed by atoms with E-state index in [1.54, 1.807) is 6.07 Å². The van der Waals surface area contributed by atoms with Crippen LogP contribution < -0.4 is 15.4 Å². The largest absolute Gasteiger partial charge is 0.492 e. The molecule has 2 fully saturated rings. The third-order valence-corrected chi connectivity index (χ3v) is 4.77. The number of fused-ring (bicyclic) bond motifs is 2. The smallest absolute Gasteiger partial charge is 0.220 e. The van der Waals surface area contributed by atoms with E-state index in [0.717, 1.165) is 18.6 Å². The molecule has 2 aliphatic heterocycles. The molecule has 2 atom stereocenters. The van der Waals surface area contributed by atoms with Crippen LogP contribution in [-0.2, 0) is 4.79 Å². The van der Waals surface area contributed by atoms with Gasteiger partial charge in [0.05, 0.1) is 6.54 Å². The summed E-state index contributed by atoms with van der Waals surface area (Å²) >= 11 is 5.89. The first-order valence-corrected chi connectivity index (χ1v) is 8.48. The van der Waals surface area contributed by atoms with Crippen molar-refractivity contribution in [3.8, 4) is 5.75 Å². The number of hydrogen-bond acceptors (Lipinski definition) is 3. The van der Waals surface area contributed by atoms with Gasteiger partial charge in [-0.15, -0.1) is 12.4 Å². The van der Waals surface area contributed by atoms with Crippen LogP contribution in [0.15, 0.2) is 24.3 Å². The highest BCUT2D eigenvalue weighted by atomic mass is 35.5. The van der Waals surface area contributed by atoms with E-state index >= 15 is 0 Å². The molecule has 2 N–H and O–H groups in total. The highest BCUT2D eigenvalue weighted by Crippen LogP contribution is 2.32. The molecule has 0 radical (unpaired) electrons. The van der Waals surface area contributed by atoms with Gasteiger partial charge in [0.2, 0.25) is 5.91 Å². The molecule has 0 aromatic heterocycles. The van der Waals surface area contributed by atoms with Gasteiger partial charge in [-0.2, -0.15) is 0 Å². The number of halogens is 2. The second-order valence-electron chi connectivity index (χ2n) is 6.34.